The zero-order valence-electron chi connectivity index (χ0n) is 10.3. The smallest absolute Gasteiger partial charge is 0.275 e. The van der Waals surface area contributed by atoms with Gasteiger partial charge in [-0.15, -0.1) is 0 Å². The summed E-state index contributed by atoms with van der Waals surface area (Å²) < 4.78 is 0. The molecule has 0 fully saturated rings. The van der Waals surface area contributed by atoms with Gasteiger partial charge in [-0.1, -0.05) is 29.8 Å². The van der Waals surface area contributed by atoms with E-state index >= 15 is 0 Å². The van der Waals surface area contributed by atoms with Gasteiger partial charge in [-0.2, -0.15) is 0 Å². The number of primary amides is 1. The summed E-state index contributed by atoms with van der Waals surface area (Å²) in [7, 11) is 0. The van der Waals surface area contributed by atoms with Crippen LogP contribution < -0.4 is 11.1 Å². The van der Waals surface area contributed by atoms with Crippen molar-refractivity contribution < 1.29 is 9.59 Å². The summed E-state index contributed by atoms with van der Waals surface area (Å²) in [6.07, 6.45) is 2.60. The van der Waals surface area contributed by atoms with Crippen molar-refractivity contribution in [2.45, 2.75) is 6.42 Å². The Hall–Kier alpha value is -2.47. The van der Waals surface area contributed by atoms with Crippen molar-refractivity contribution in [1.82, 2.24) is 9.97 Å². The highest BCUT2D eigenvalue weighted by Gasteiger charge is 2.11. The largest absolute Gasteiger partial charge is 0.369 e. The van der Waals surface area contributed by atoms with Crippen LogP contribution in [-0.4, -0.2) is 21.8 Å². The fraction of sp³-hybridized carbons (Fsp3) is 0.0769. The van der Waals surface area contributed by atoms with Crippen molar-refractivity contribution in [3.63, 3.8) is 0 Å². The van der Waals surface area contributed by atoms with E-state index in [4.69, 9.17) is 17.3 Å². The number of amides is 2. The fourth-order valence-corrected chi connectivity index (χ4v) is 1.70. The van der Waals surface area contributed by atoms with Gasteiger partial charge in [0, 0.05) is 5.69 Å². The second-order valence-electron chi connectivity index (χ2n) is 3.98. The molecule has 6 nitrogen and oxygen atoms in total. The SMILES string of the molecule is NC(=O)Cc1ccccc1NC(=O)c1cnc(Cl)cn1. The molecule has 7 heteroatoms. The van der Waals surface area contributed by atoms with Crippen LogP contribution in [0.25, 0.3) is 0 Å². The van der Waals surface area contributed by atoms with E-state index in [1.54, 1.807) is 24.3 Å². The number of rotatable bonds is 4. The Labute approximate surface area is 120 Å². The predicted octanol–water partition coefficient (Wildman–Crippen LogP) is 1.41. The number of carbonyl (C=O) groups excluding carboxylic acids is 2. The number of para-hydroxylation sites is 1. The quantitative estimate of drug-likeness (QED) is 0.889. The van der Waals surface area contributed by atoms with E-state index in [0.29, 0.717) is 11.3 Å². The van der Waals surface area contributed by atoms with Crippen LogP contribution in [0.4, 0.5) is 5.69 Å². The Kier molecular flexibility index (Phi) is 4.27. The van der Waals surface area contributed by atoms with Gasteiger partial charge in [-0.3, -0.25) is 9.59 Å². The number of halogens is 1. The first-order valence-corrected chi connectivity index (χ1v) is 6.09. The number of anilines is 1. The molecular formula is C13H11ClN4O2. The lowest BCUT2D eigenvalue weighted by Crippen LogP contribution is -2.18. The van der Waals surface area contributed by atoms with E-state index in [1.807, 2.05) is 0 Å². The molecule has 3 N–H and O–H groups in total. The summed E-state index contributed by atoms with van der Waals surface area (Å²) in [4.78, 5) is 30.6. The van der Waals surface area contributed by atoms with E-state index in [1.165, 1.54) is 12.4 Å². The van der Waals surface area contributed by atoms with Gasteiger partial charge in [0.15, 0.2) is 0 Å². The molecule has 1 heterocycles. The summed E-state index contributed by atoms with van der Waals surface area (Å²) in [6.45, 7) is 0. The molecule has 0 spiro atoms. The van der Waals surface area contributed by atoms with Gasteiger partial charge < -0.3 is 11.1 Å². The fourth-order valence-electron chi connectivity index (χ4n) is 1.60. The van der Waals surface area contributed by atoms with E-state index < -0.39 is 11.8 Å². The molecule has 1 aromatic carbocycles. The van der Waals surface area contributed by atoms with Crippen molar-refractivity contribution in [2.75, 3.05) is 5.32 Å². The summed E-state index contributed by atoms with van der Waals surface area (Å²) in [5.74, 6) is -0.913. The first-order chi connectivity index (χ1) is 9.56. The lowest BCUT2D eigenvalue weighted by atomic mass is 10.1. The van der Waals surface area contributed by atoms with Crippen LogP contribution in [0.3, 0.4) is 0 Å². The standard InChI is InChI=1S/C13H11ClN4O2/c14-11-7-16-10(6-17-11)13(20)18-9-4-2-1-3-8(9)5-12(15)19/h1-4,6-7H,5H2,(H2,15,19)(H,18,20). The number of benzene rings is 1. The van der Waals surface area contributed by atoms with Gasteiger partial charge in [0.05, 0.1) is 18.8 Å². The third kappa shape index (κ3) is 3.52. The Morgan fingerprint density at radius 2 is 1.95 bits per heavy atom. The second kappa shape index (κ2) is 6.12. The minimum Gasteiger partial charge on any atom is -0.369 e. The molecular weight excluding hydrogens is 280 g/mol. The molecule has 0 saturated heterocycles. The van der Waals surface area contributed by atoms with Gasteiger partial charge in [0.25, 0.3) is 5.91 Å². The third-order valence-electron chi connectivity index (χ3n) is 2.48. The zero-order valence-corrected chi connectivity index (χ0v) is 11.1. The Bertz CT molecular complexity index is 643. The van der Waals surface area contributed by atoms with E-state index in [9.17, 15) is 9.59 Å². The molecule has 2 rings (SSSR count). The topological polar surface area (TPSA) is 98.0 Å². The highest BCUT2D eigenvalue weighted by atomic mass is 35.5. The van der Waals surface area contributed by atoms with Crippen LogP contribution in [0.15, 0.2) is 36.7 Å². The molecule has 102 valence electrons. The lowest BCUT2D eigenvalue weighted by molar-refractivity contribution is -0.117. The maximum Gasteiger partial charge on any atom is 0.275 e. The predicted molar refractivity (Wildman–Crippen MR) is 74.3 cm³/mol. The molecule has 0 atom stereocenters. The molecule has 0 radical (unpaired) electrons. The first kappa shape index (κ1) is 14.0. The third-order valence-corrected chi connectivity index (χ3v) is 2.68. The Morgan fingerprint density at radius 1 is 1.20 bits per heavy atom. The molecule has 0 aliphatic rings. The average Bonchev–Trinajstić information content (AvgIpc) is 2.41. The normalized spacial score (nSPS) is 10.1. The van der Waals surface area contributed by atoms with Crippen LogP contribution in [0, 0.1) is 0 Å². The van der Waals surface area contributed by atoms with Gasteiger partial charge in [-0.25, -0.2) is 9.97 Å². The maximum absolute atomic E-state index is 12.0. The van der Waals surface area contributed by atoms with E-state index in [0.717, 1.165) is 0 Å². The number of nitrogens with one attached hydrogen (secondary N) is 1. The summed E-state index contributed by atoms with van der Waals surface area (Å²) in [5.41, 5.74) is 6.43. The molecule has 0 unspecified atom stereocenters. The Morgan fingerprint density at radius 3 is 2.60 bits per heavy atom. The highest BCUT2D eigenvalue weighted by molar-refractivity contribution is 6.29. The van der Waals surface area contributed by atoms with Gasteiger partial charge in [0.1, 0.15) is 10.8 Å². The number of nitrogens with zero attached hydrogens (tertiary/aromatic N) is 2. The van der Waals surface area contributed by atoms with Crippen molar-refractivity contribution in [1.29, 1.82) is 0 Å². The van der Waals surface area contributed by atoms with Crippen molar-refractivity contribution in [3.05, 3.63) is 53.1 Å². The minimum atomic E-state index is -0.474. The van der Waals surface area contributed by atoms with Gasteiger partial charge in [0.2, 0.25) is 5.91 Å². The molecule has 0 aliphatic carbocycles. The number of aromatic nitrogens is 2. The molecule has 20 heavy (non-hydrogen) atoms. The molecule has 0 saturated carbocycles. The minimum absolute atomic E-state index is 0.0444. The maximum atomic E-state index is 12.0. The summed E-state index contributed by atoms with van der Waals surface area (Å²) >= 11 is 5.60. The first-order valence-electron chi connectivity index (χ1n) is 5.71. The lowest BCUT2D eigenvalue weighted by Gasteiger charge is -2.09. The van der Waals surface area contributed by atoms with Crippen LogP contribution in [-0.2, 0) is 11.2 Å². The van der Waals surface area contributed by atoms with Crippen LogP contribution in [0.1, 0.15) is 16.1 Å². The van der Waals surface area contributed by atoms with Crippen LogP contribution >= 0.6 is 11.6 Å². The highest BCUT2D eigenvalue weighted by Crippen LogP contribution is 2.16. The molecule has 1 aromatic heterocycles. The number of hydrogen-bond donors (Lipinski definition) is 2. The van der Waals surface area contributed by atoms with E-state index in [2.05, 4.69) is 15.3 Å². The summed E-state index contributed by atoms with van der Waals surface area (Å²) in [6, 6.07) is 6.90. The van der Waals surface area contributed by atoms with Crippen LogP contribution in [0.2, 0.25) is 5.15 Å². The van der Waals surface area contributed by atoms with Gasteiger partial charge in [-0.05, 0) is 11.6 Å². The number of hydrogen-bond acceptors (Lipinski definition) is 4. The molecule has 0 bridgehead atoms. The van der Waals surface area contributed by atoms with E-state index in [-0.39, 0.29) is 17.3 Å². The molecule has 2 aromatic rings. The number of nitrogens with two attached hydrogens (primary N) is 1. The van der Waals surface area contributed by atoms with Crippen LogP contribution in [0.5, 0.6) is 0 Å². The van der Waals surface area contributed by atoms with Crippen molar-refractivity contribution >= 4 is 29.1 Å². The van der Waals surface area contributed by atoms with Gasteiger partial charge >= 0.3 is 0 Å². The summed E-state index contributed by atoms with van der Waals surface area (Å²) in [5, 5.41) is 2.86. The van der Waals surface area contributed by atoms with Crippen molar-refractivity contribution in [3.8, 4) is 0 Å². The zero-order chi connectivity index (χ0) is 14.5. The average molecular weight is 291 g/mol. The molecule has 2 amide bonds. The second-order valence-corrected chi connectivity index (χ2v) is 4.37. The molecule has 0 aliphatic heterocycles. The Balaban J connectivity index is 2.19. The number of carbonyl (C=O) groups is 2. The van der Waals surface area contributed by atoms with Crippen molar-refractivity contribution in [2.24, 2.45) is 5.73 Å². The monoisotopic (exact) mass is 290 g/mol.